The van der Waals surface area contributed by atoms with Crippen LogP contribution in [0.2, 0.25) is 5.02 Å². The molecule has 29 heavy (non-hydrogen) atoms. The summed E-state index contributed by atoms with van der Waals surface area (Å²) in [5, 5.41) is 1.32. The third-order valence-electron chi connectivity index (χ3n) is 4.49. The zero-order valence-electron chi connectivity index (χ0n) is 15.6. The third kappa shape index (κ3) is 5.14. The first kappa shape index (κ1) is 22.1. The number of carbonyl (C=O) groups is 1. The van der Waals surface area contributed by atoms with E-state index in [1.807, 2.05) is 17.5 Å². The van der Waals surface area contributed by atoms with Gasteiger partial charge in [0.15, 0.2) is 15.5 Å². The van der Waals surface area contributed by atoms with Crippen molar-refractivity contribution in [1.29, 1.82) is 0 Å². The number of hydrogen-bond acceptors (Lipinski definition) is 8. The maximum absolute atomic E-state index is 13.3. The van der Waals surface area contributed by atoms with Crippen LogP contribution in [0, 0.1) is 0 Å². The number of nitrogens with zero attached hydrogens (tertiary/aromatic N) is 3. The van der Waals surface area contributed by atoms with E-state index in [0.29, 0.717) is 12.8 Å². The fraction of sp³-hybridized carbons (Fsp3) is 0.471. The van der Waals surface area contributed by atoms with Gasteiger partial charge in [-0.2, -0.15) is 0 Å². The second kappa shape index (κ2) is 8.66. The van der Waals surface area contributed by atoms with Crippen LogP contribution in [0.1, 0.15) is 35.1 Å². The summed E-state index contributed by atoms with van der Waals surface area (Å²) in [6.07, 6.45) is 1.78. The standard InChI is InChI=1S/C17H20ClN3O5S3/c1-2-7-29(25,26)17-19-9-14(18)15(20-17)16(22)21(10-13-4-3-6-27-13)12-5-8-28(23,24)11-12/h3-4,6,9,12H,2,5,7-8,10-11H2,1H3/t12-/m1/s1. The van der Waals surface area contributed by atoms with Gasteiger partial charge in [-0.25, -0.2) is 26.8 Å². The second-order valence-electron chi connectivity index (χ2n) is 6.74. The zero-order valence-corrected chi connectivity index (χ0v) is 18.8. The first-order chi connectivity index (χ1) is 13.6. The van der Waals surface area contributed by atoms with E-state index in [-0.39, 0.29) is 34.5 Å². The molecule has 3 rings (SSSR count). The van der Waals surface area contributed by atoms with Crippen LogP contribution in [0.25, 0.3) is 0 Å². The Morgan fingerprint density at radius 2 is 2.17 bits per heavy atom. The largest absolute Gasteiger partial charge is 0.328 e. The molecule has 1 saturated heterocycles. The molecule has 0 spiro atoms. The van der Waals surface area contributed by atoms with E-state index in [4.69, 9.17) is 11.6 Å². The highest BCUT2D eigenvalue weighted by Crippen LogP contribution is 2.26. The van der Waals surface area contributed by atoms with Gasteiger partial charge < -0.3 is 4.90 Å². The molecule has 0 unspecified atom stereocenters. The van der Waals surface area contributed by atoms with Crippen molar-refractivity contribution >= 4 is 48.5 Å². The average Bonchev–Trinajstić information content (AvgIpc) is 3.28. The van der Waals surface area contributed by atoms with Gasteiger partial charge in [-0.15, -0.1) is 11.3 Å². The van der Waals surface area contributed by atoms with Gasteiger partial charge in [0.05, 0.1) is 35.0 Å². The van der Waals surface area contributed by atoms with Gasteiger partial charge >= 0.3 is 0 Å². The SMILES string of the molecule is CCCS(=O)(=O)c1ncc(Cl)c(C(=O)N(Cc2cccs2)[C@@H]2CCS(=O)(=O)C2)n1. The van der Waals surface area contributed by atoms with Gasteiger partial charge in [0.2, 0.25) is 15.0 Å². The van der Waals surface area contributed by atoms with Gasteiger partial charge in [-0.1, -0.05) is 24.6 Å². The quantitative estimate of drug-likeness (QED) is 0.561. The van der Waals surface area contributed by atoms with Crippen LogP contribution >= 0.6 is 22.9 Å². The Morgan fingerprint density at radius 1 is 1.41 bits per heavy atom. The Bertz CT molecular complexity index is 1100. The Kier molecular flexibility index (Phi) is 6.61. The molecule has 1 fully saturated rings. The molecule has 1 amide bonds. The molecular weight excluding hydrogens is 458 g/mol. The van der Waals surface area contributed by atoms with Crippen molar-refractivity contribution < 1.29 is 21.6 Å². The number of sulfone groups is 2. The molecule has 8 nitrogen and oxygen atoms in total. The van der Waals surface area contributed by atoms with Crippen molar-refractivity contribution in [2.45, 2.75) is 37.5 Å². The minimum Gasteiger partial charge on any atom is -0.328 e. The lowest BCUT2D eigenvalue weighted by Crippen LogP contribution is -2.41. The third-order valence-corrected chi connectivity index (χ3v) is 9.08. The van der Waals surface area contributed by atoms with Crippen LogP contribution in [0.15, 0.2) is 28.9 Å². The fourth-order valence-corrected chi connectivity index (χ4v) is 6.87. The Balaban J connectivity index is 1.99. The van der Waals surface area contributed by atoms with E-state index in [0.717, 1.165) is 11.1 Å². The molecule has 0 aromatic carbocycles. The number of hydrogen-bond donors (Lipinski definition) is 0. The smallest absolute Gasteiger partial charge is 0.274 e. The first-order valence-electron chi connectivity index (χ1n) is 8.92. The lowest BCUT2D eigenvalue weighted by Gasteiger charge is -2.28. The van der Waals surface area contributed by atoms with Gasteiger partial charge in [-0.05, 0) is 24.3 Å². The molecule has 2 aromatic rings. The van der Waals surface area contributed by atoms with Crippen LogP contribution < -0.4 is 0 Å². The lowest BCUT2D eigenvalue weighted by atomic mass is 10.2. The summed E-state index contributed by atoms with van der Waals surface area (Å²) in [5.74, 6) is -0.907. The van der Waals surface area contributed by atoms with E-state index < -0.39 is 36.8 Å². The number of rotatable bonds is 7. The van der Waals surface area contributed by atoms with Gasteiger partial charge in [0.1, 0.15) is 0 Å². The van der Waals surface area contributed by atoms with Crippen LogP contribution in [0.5, 0.6) is 0 Å². The molecular formula is C17H20ClN3O5S3. The first-order valence-corrected chi connectivity index (χ1v) is 13.6. The van der Waals surface area contributed by atoms with Crippen molar-refractivity contribution in [3.8, 4) is 0 Å². The molecule has 12 heteroatoms. The molecule has 0 N–H and O–H groups in total. The minimum atomic E-state index is -3.74. The summed E-state index contributed by atoms with van der Waals surface area (Å²) in [5.41, 5.74) is -0.239. The normalized spacial score (nSPS) is 18.6. The molecule has 1 aliphatic rings. The highest BCUT2D eigenvalue weighted by molar-refractivity contribution is 7.91. The molecule has 3 heterocycles. The van der Waals surface area contributed by atoms with E-state index in [2.05, 4.69) is 9.97 Å². The predicted molar refractivity (Wildman–Crippen MR) is 111 cm³/mol. The van der Waals surface area contributed by atoms with E-state index >= 15 is 0 Å². The van der Waals surface area contributed by atoms with E-state index in [1.54, 1.807) is 6.92 Å². The number of carbonyl (C=O) groups excluding carboxylic acids is 1. The number of halogens is 1. The highest BCUT2D eigenvalue weighted by atomic mass is 35.5. The van der Waals surface area contributed by atoms with Crippen molar-refractivity contribution in [3.63, 3.8) is 0 Å². The highest BCUT2D eigenvalue weighted by Gasteiger charge is 2.36. The Labute approximate surface area is 178 Å². The van der Waals surface area contributed by atoms with Gasteiger partial charge in [0.25, 0.3) is 5.91 Å². The fourth-order valence-electron chi connectivity index (χ4n) is 3.11. The van der Waals surface area contributed by atoms with Crippen LogP contribution in [0.3, 0.4) is 0 Å². The molecule has 1 aliphatic heterocycles. The Morgan fingerprint density at radius 3 is 2.76 bits per heavy atom. The number of amides is 1. The van der Waals surface area contributed by atoms with Crippen LogP contribution in [-0.4, -0.2) is 60.9 Å². The summed E-state index contributed by atoms with van der Waals surface area (Å²) >= 11 is 7.56. The predicted octanol–water partition coefficient (Wildman–Crippen LogP) is 2.20. The molecule has 0 bridgehead atoms. The minimum absolute atomic E-state index is 0.000474. The summed E-state index contributed by atoms with van der Waals surface area (Å²) in [7, 11) is -6.98. The molecule has 0 saturated carbocycles. The van der Waals surface area contributed by atoms with Crippen molar-refractivity contribution in [2.24, 2.45) is 0 Å². The molecule has 1 atom stereocenters. The number of thiophene rings is 1. The van der Waals surface area contributed by atoms with Crippen LogP contribution in [0.4, 0.5) is 0 Å². The van der Waals surface area contributed by atoms with Crippen LogP contribution in [-0.2, 0) is 26.2 Å². The summed E-state index contributed by atoms with van der Waals surface area (Å²) < 4.78 is 48.6. The van der Waals surface area contributed by atoms with Crippen molar-refractivity contribution in [3.05, 3.63) is 39.3 Å². The number of aromatic nitrogens is 2. The topological polar surface area (TPSA) is 114 Å². The summed E-state index contributed by atoms with van der Waals surface area (Å²) in [6, 6.07) is 3.14. The average molecular weight is 478 g/mol. The summed E-state index contributed by atoms with van der Waals surface area (Å²) in [6.45, 7) is 1.90. The second-order valence-corrected chi connectivity index (χ2v) is 12.4. The molecule has 0 radical (unpaired) electrons. The zero-order chi connectivity index (χ0) is 21.2. The maximum Gasteiger partial charge on any atom is 0.274 e. The molecule has 0 aliphatic carbocycles. The molecule has 2 aromatic heterocycles. The van der Waals surface area contributed by atoms with Crippen molar-refractivity contribution in [1.82, 2.24) is 14.9 Å². The monoisotopic (exact) mass is 477 g/mol. The van der Waals surface area contributed by atoms with E-state index in [9.17, 15) is 21.6 Å². The maximum atomic E-state index is 13.3. The van der Waals surface area contributed by atoms with Gasteiger partial charge in [0, 0.05) is 10.9 Å². The van der Waals surface area contributed by atoms with Crippen molar-refractivity contribution in [2.75, 3.05) is 17.3 Å². The van der Waals surface area contributed by atoms with Gasteiger partial charge in [-0.3, -0.25) is 4.79 Å². The summed E-state index contributed by atoms with van der Waals surface area (Å²) in [4.78, 5) is 23.3. The van der Waals surface area contributed by atoms with E-state index in [1.165, 1.54) is 16.2 Å². The molecule has 158 valence electrons. The Hall–Kier alpha value is -1.56. The lowest BCUT2D eigenvalue weighted by molar-refractivity contribution is 0.0676.